The third-order valence-electron chi connectivity index (χ3n) is 4.81. The SMILES string of the molecule is OC[C@@H]1[C@@H](O)[C@H](O)C[S+]1C[C@@H](O)[C@H](OCc1ccc(Cl)cc1)[C@H](O)[C@@H](O)CO.[Cl-]. The average molecular weight is 475 g/mol. The molecule has 7 N–H and O–H groups in total. The highest BCUT2D eigenvalue weighted by molar-refractivity contribution is 7.97. The Kier molecular flexibility index (Phi) is 11.7. The fourth-order valence-corrected chi connectivity index (χ4v) is 5.95. The van der Waals surface area contributed by atoms with Gasteiger partial charge in [0.25, 0.3) is 0 Å². The van der Waals surface area contributed by atoms with E-state index < -0.39 is 59.4 Å². The summed E-state index contributed by atoms with van der Waals surface area (Å²) in [5, 5.41) is 69.1. The summed E-state index contributed by atoms with van der Waals surface area (Å²) in [6.07, 6.45) is -7.61. The maximum atomic E-state index is 10.7. The van der Waals surface area contributed by atoms with Crippen molar-refractivity contribution in [1.82, 2.24) is 0 Å². The zero-order valence-corrected chi connectivity index (χ0v) is 17.9. The van der Waals surface area contributed by atoms with Crippen molar-refractivity contribution in [2.75, 3.05) is 24.7 Å². The lowest BCUT2D eigenvalue weighted by molar-refractivity contribution is -0.141. The first-order valence-electron chi connectivity index (χ1n) is 8.92. The Labute approximate surface area is 183 Å². The molecule has 29 heavy (non-hydrogen) atoms. The summed E-state index contributed by atoms with van der Waals surface area (Å²) in [6, 6.07) is 6.76. The minimum atomic E-state index is -1.55. The first kappa shape index (κ1) is 26.9. The lowest BCUT2D eigenvalue weighted by Crippen LogP contribution is -3.00. The van der Waals surface area contributed by atoms with Crippen LogP contribution in [0, 0.1) is 0 Å². The standard InChI is InChI=1S/C18H28ClO8S.ClH/c19-11-3-1-10(2-4-11)7-27-18(17(26)12(22)5-20)14(24)9-28-8-13(23)16(25)15(28)6-21;/h1-4,12-18,20-26H,5-9H2;1H/q+1;/p-1/t12-,13+,14+,15+,16-,17+,18-,28?;/m0./s1. The third-order valence-corrected chi connectivity index (χ3v) is 7.88. The summed E-state index contributed by atoms with van der Waals surface area (Å²) in [6.45, 7) is -1.03. The molecule has 1 saturated heterocycles. The molecule has 1 aliphatic heterocycles. The predicted octanol–water partition coefficient (Wildman–Crippen LogP) is -4.98. The predicted molar refractivity (Wildman–Crippen MR) is 105 cm³/mol. The van der Waals surface area contributed by atoms with E-state index in [1.807, 2.05) is 0 Å². The Morgan fingerprint density at radius 3 is 2.24 bits per heavy atom. The third kappa shape index (κ3) is 7.19. The Morgan fingerprint density at radius 1 is 1.07 bits per heavy atom. The van der Waals surface area contributed by atoms with Gasteiger partial charge in [0, 0.05) is 15.9 Å². The van der Waals surface area contributed by atoms with Crippen molar-refractivity contribution >= 4 is 22.5 Å². The molecule has 0 saturated carbocycles. The molecule has 0 bridgehead atoms. The zero-order chi connectivity index (χ0) is 20.8. The molecule has 0 aromatic heterocycles. The number of halogens is 2. The number of hydrogen-bond donors (Lipinski definition) is 7. The van der Waals surface area contributed by atoms with Gasteiger partial charge in [-0.2, -0.15) is 0 Å². The van der Waals surface area contributed by atoms with Crippen LogP contribution in [-0.2, 0) is 22.2 Å². The van der Waals surface area contributed by atoms with Gasteiger partial charge in [0.1, 0.15) is 48.1 Å². The van der Waals surface area contributed by atoms with Gasteiger partial charge in [-0.05, 0) is 17.7 Å². The summed E-state index contributed by atoms with van der Waals surface area (Å²) in [7, 11) is -0.712. The molecule has 1 aromatic rings. The number of aliphatic hydroxyl groups is 7. The molecule has 1 unspecified atom stereocenters. The first-order valence-corrected chi connectivity index (χ1v) is 10.9. The molecule has 2 rings (SSSR count). The molecule has 168 valence electrons. The fourth-order valence-electron chi connectivity index (χ4n) is 3.14. The fraction of sp³-hybridized carbons (Fsp3) is 0.667. The number of aliphatic hydroxyl groups excluding tert-OH is 7. The van der Waals surface area contributed by atoms with Crippen molar-refractivity contribution < 1.29 is 52.9 Å². The molecule has 1 aromatic carbocycles. The normalized spacial score (nSPS) is 28.4. The highest BCUT2D eigenvalue weighted by atomic mass is 35.5. The Balaban J connectivity index is 0.00000420. The Morgan fingerprint density at radius 2 is 1.69 bits per heavy atom. The lowest BCUT2D eigenvalue weighted by atomic mass is 10.0. The van der Waals surface area contributed by atoms with E-state index in [2.05, 4.69) is 0 Å². The van der Waals surface area contributed by atoms with Crippen LogP contribution >= 0.6 is 11.6 Å². The quantitative estimate of drug-likeness (QED) is 0.166. The number of hydrogen-bond acceptors (Lipinski definition) is 8. The summed E-state index contributed by atoms with van der Waals surface area (Å²) in [4.78, 5) is 0. The summed E-state index contributed by atoms with van der Waals surface area (Å²) in [5.74, 6) is 0.270. The van der Waals surface area contributed by atoms with Gasteiger partial charge in [-0.25, -0.2) is 0 Å². The van der Waals surface area contributed by atoms with E-state index in [9.17, 15) is 30.6 Å². The molecule has 1 fully saturated rings. The molecule has 8 nitrogen and oxygen atoms in total. The second-order valence-electron chi connectivity index (χ2n) is 6.86. The molecular formula is C18H28Cl2O8S. The van der Waals surface area contributed by atoms with Crippen molar-refractivity contribution in [1.29, 1.82) is 0 Å². The Hall–Kier alpha value is -0.170. The van der Waals surface area contributed by atoms with E-state index in [0.29, 0.717) is 5.02 Å². The van der Waals surface area contributed by atoms with E-state index in [1.54, 1.807) is 24.3 Å². The molecule has 0 spiro atoms. The van der Waals surface area contributed by atoms with E-state index in [0.717, 1.165) is 5.56 Å². The molecule has 8 atom stereocenters. The monoisotopic (exact) mass is 474 g/mol. The molecule has 1 aliphatic rings. The largest absolute Gasteiger partial charge is 1.00 e. The van der Waals surface area contributed by atoms with Crippen LogP contribution in [0.3, 0.4) is 0 Å². The van der Waals surface area contributed by atoms with Crippen molar-refractivity contribution in [3.05, 3.63) is 34.9 Å². The number of rotatable bonds is 10. The van der Waals surface area contributed by atoms with E-state index in [4.69, 9.17) is 21.4 Å². The van der Waals surface area contributed by atoms with Gasteiger partial charge in [0.2, 0.25) is 0 Å². The minimum Gasteiger partial charge on any atom is -1.00 e. The van der Waals surface area contributed by atoms with Crippen LogP contribution in [-0.4, -0.2) is 102 Å². The van der Waals surface area contributed by atoms with Crippen LogP contribution in [0.2, 0.25) is 5.02 Å². The molecule has 0 radical (unpaired) electrons. The maximum Gasteiger partial charge on any atom is 0.169 e. The van der Waals surface area contributed by atoms with Crippen LogP contribution in [0.25, 0.3) is 0 Å². The second-order valence-corrected chi connectivity index (χ2v) is 9.64. The van der Waals surface area contributed by atoms with Gasteiger partial charge in [0.15, 0.2) is 5.25 Å². The van der Waals surface area contributed by atoms with Gasteiger partial charge in [-0.15, -0.1) is 0 Å². The Bertz CT molecular complexity index is 596. The summed E-state index contributed by atoms with van der Waals surface area (Å²) >= 11 is 5.84. The van der Waals surface area contributed by atoms with Gasteiger partial charge in [0.05, 0.1) is 19.8 Å². The number of benzene rings is 1. The zero-order valence-electron chi connectivity index (χ0n) is 15.6. The second kappa shape index (κ2) is 12.6. The van der Waals surface area contributed by atoms with Crippen molar-refractivity contribution in [2.45, 2.75) is 48.5 Å². The van der Waals surface area contributed by atoms with Crippen LogP contribution in [0.4, 0.5) is 0 Å². The van der Waals surface area contributed by atoms with Crippen LogP contribution in [0.5, 0.6) is 0 Å². The van der Waals surface area contributed by atoms with E-state index in [-0.39, 0.29) is 37.1 Å². The highest BCUT2D eigenvalue weighted by Crippen LogP contribution is 2.26. The molecule has 0 aliphatic carbocycles. The van der Waals surface area contributed by atoms with Gasteiger partial charge in [-0.3, -0.25) is 0 Å². The van der Waals surface area contributed by atoms with Gasteiger partial charge in [-0.1, -0.05) is 23.7 Å². The van der Waals surface area contributed by atoms with Gasteiger partial charge >= 0.3 is 0 Å². The highest BCUT2D eigenvalue weighted by Gasteiger charge is 2.51. The molecule has 11 heteroatoms. The van der Waals surface area contributed by atoms with Crippen molar-refractivity contribution in [2.24, 2.45) is 0 Å². The summed E-state index contributed by atoms with van der Waals surface area (Å²) < 4.78 is 5.65. The van der Waals surface area contributed by atoms with Gasteiger partial charge < -0.3 is 52.9 Å². The summed E-state index contributed by atoms with van der Waals surface area (Å²) in [5.41, 5.74) is 0.731. The minimum absolute atomic E-state index is 0. The van der Waals surface area contributed by atoms with E-state index >= 15 is 0 Å². The van der Waals surface area contributed by atoms with Crippen molar-refractivity contribution in [3.63, 3.8) is 0 Å². The molecule has 1 heterocycles. The smallest absolute Gasteiger partial charge is 0.169 e. The van der Waals surface area contributed by atoms with Crippen LogP contribution < -0.4 is 12.4 Å². The lowest BCUT2D eigenvalue weighted by Gasteiger charge is -2.29. The molecule has 0 amide bonds. The average Bonchev–Trinajstić information content (AvgIpc) is 2.95. The molecular weight excluding hydrogens is 447 g/mol. The first-order chi connectivity index (χ1) is 13.3. The van der Waals surface area contributed by atoms with Crippen molar-refractivity contribution in [3.8, 4) is 0 Å². The maximum absolute atomic E-state index is 10.7. The topological polar surface area (TPSA) is 151 Å². The van der Waals surface area contributed by atoms with Crippen LogP contribution in [0.1, 0.15) is 5.56 Å². The van der Waals surface area contributed by atoms with E-state index in [1.165, 1.54) is 0 Å². The number of ether oxygens (including phenoxy) is 1. The van der Waals surface area contributed by atoms with Crippen LogP contribution in [0.15, 0.2) is 24.3 Å².